The summed E-state index contributed by atoms with van der Waals surface area (Å²) in [6, 6.07) is 1.96. The zero-order valence-electron chi connectivity index (χ0n) is 9.77. The molecule has 1 heterocycles. The van der Waals surface area contributed by atoms with E-state index in [4.69, 9.17) is 5.11 Å². The summed E-state index contributed by atoms with van der Waals surface area (Å²) in [6.07, 6.45) is 0.677. The first kappa shape index (κ1) is 11.0. The quantitative estimate of drug-likeness (QED) is 0.847. The second-order valence-electron chi connectivity index (χ2n) is 4.73. The monoisotopic (exact) mass is 220 g/mol. The highest BCUT2D eigenvalue weighted by Gasteiger charge is 2.46. The highest BCUT2D eigenvalue weighted by atomic mass is 16.4. The molecule has 0 bridgehead atoms. The van der Waals surface area contributed by atoms with Crippen molar-refractivity contribution in [2.45, 2.75) is 39.0 Å². The van der Waals surface area contributed by atoms with E-state index in [2.05, 4.69) is 23.8 Å². The Kier molecular flexibility index (Phi) is 2.66. The lowest BCUT2D eigenvalue weighted by atomic mass is 10.1. The highest BCUT2D eigenvalue weighted by Crippen LogP contribution is 2.46. The Bertz CT molecular complexity index is 429. The van der Waals surface area contributed by atoms with Crippen LogP contribution in [0.15, 0.2) is 6.07 Å². The fraction of sp³-hybridized carbons (Fsp3) is 0.583. The van der Waals surface area contributed by atoms with E-state index in [1.54, 1.807) is 0 Å². The predicted molar refractivity (Wildman–Crippen MR) is 59.3 cm³/mol. The molecule has 16 heavy (non-hydrogen) atoms. The molecule has 1 aliphatic carbocycles. The third kappa shape index (κ3) is 2.05. The van der Waals surface area contributed by atoms with Gasteiger partial charge in [0.15, 0.2) is 0 Å². The maximum absolute atomic E-state index is 10.8. The largest absolute Gasteiger partial charge is 0.481 e. The summed E-state index contributed by atoms with van der Waals surface area (Å²) in [5.74, 6) is 0.0662. The van der Waals surface area contributed by atoms with Crippen molar-refractivity contribution in [2.24, 2.45) is 5.92 Å². The van der Waals surface area contributed by atoms with E-state index in [0.29, 0.717) is 18.2 Å². The molecular formula is C12H16N2O2. The molecule has 0 aromatic carbocycles. The molecule has 4 nitrogen and oxygen atoms in total. The lowest BCUT2D eigenvalue weighted by Gasteiger charge is -2.07. The third-order valence-corrected chi connectivity index (χ3v) is 2.92. The van der Waals surface area contributed by atoms with Crippen LogP contribution in [0.1, 0.15) is 49.3 Å². The molecule has 1 N–H and O–H groups in total. The maximum atomic E-state index is 10.8. The van der Waals surface area contributed by atoms with Crippen LogP contribution >= 0.6 is 0 Å². The molecule has 1 aliphatic rings. The Morgan fingerprint density at radius 2 is 2.19 bits per heavy atom. The molecule has 2 rings (SSSR count). The summed E-state index contributed by atoms with van der Waals surface area (Å²) in [4.78, 5) is 19.6. The van der Waals surface area contributed by atoms with Crippen molar-refractivity contribution in [3.8, 4) is 0 Å². The van der Waals surface area contributed by atoms with Gasteiger partial charge in [0.25, 0.3) is 0 Å². The van der Waals surface area contributed by atoms with E-state index in [9.17, 15) is 4.79 Å². The smallest absolute Gasteiger partial charge is 0.307 e. The van der Waals surface area contributed by atoms with Crippen molar-refractivity contribution in [3.05, 3.63) is 23.3 Å². The molecule has 1 fully saturated rings. The van der Waals surface area contributed by atoms with E-state index in [0.717, 1.165) is 11.4 Å². The Hall–Kier alpha value is -1.45. The molecule has 0 aliphatic heterocycles. The first-order valence-electron chi connectivity index (χ1n) is 5.57. The molecule has 1 saturated carbocycles. The fourth-order valence-electron chi connectivity index (χ4n) is 1.83. The van der Waals surface area contributed by atoms with Gasteiger partial charge >= 0.3 is 5.97 Å². The van der Waals surface area contributed by atoms with Crippen LogP contribution in [0.3, 0.4) is 0 Å². The average Bonchev–Trinajstić information content (AvgIpc) is 2.95. The molecule has 0 radical (unpaired) electrons. The van der Waals surface area contributed by atoms with Crippen LogP contribution in [0.5, 0.6) is 0 Å². The third-order valence-electron chi connectivity index (χ3n) is 2.92. The number of rotatable bonds is 3. The standard InChI is InChI=1S/C12H16N2O2/c1-6(2)10-4-7(3)13-11(14-10)8-5-9(8)12(15)16/h4,6,8-9H,5H2,1-3H3,(H,15,16). The van der Waals surface area contributed by atoms with Gasteiger partial charge in [0.05, 0.1) is 5.92 Å². The van der Waals surface area contributed by atoms with E-state index in [-0.39, 0.29) is 11.8 Å². The number of aromatic nitrogens is 2. The number of nitrogens with zero attached hydrogens (tertiary/aromatic N) is 2. The van der Waals surface area contributed by atoms with Gasteiger partial charge in [0.1, 0.15) is 5.82 Å². The summed E-state index contributed by atoms with van der Waals surface area (Å²) in [6.45, 7) is 6.08. The number of carboxylic acids is 1. The summed E-state index contributed by atoms with van der Waals surface area (Å²) < 4.78 is 0. The minimum absolute atomic E-state index is 0.0231. The van der Waals surface area contributed by atoms with Gasteiger partial charge in [0, 0.05) is 17.3 Å². The van der Waals surface area contributed by atoms with E-state index >= 15 is 0 Å². The highest BCUT2D eigenvalue weighted by molar-refractivity contribution is 5.74. The van der Waals surface area contributed by atoms with Crippen LogP contribution in [-0.4, -0.2) is 21.0 Å². The number of carboxylic acid groups (broad SMARTS) is 1. The van der Waals surface area contributed by atoms with Gasteiger partial charge in [-0.1, -0.05) is 13.8 Å². The first-order chi connectivity index (χ1) is 7.49. The Morgan fingerprint density at radius 3 is 2.69 bits per heavy atom. The summed E-state index contributed by atoms with van der Waals surface area (Å²) in [5, 5.41) is 8.88. The van der Waals surface area contributed by atoms with E-state index < -0.39 is 5.97 Å². The van der Waals surface area contributed by atoms with Gasteiger partial charge < -0.3 is 5.11 Å². The molecule has 1 aromatic heterocycles. The van der Waals surface area contributed by atoms with Gasteiger partial charge in [-0.3, -0.25) is 4.79 Å². The summed E-state index contributed by atoms with van der Waals surface area (Å²) in [7, 11) is 0. The molecule has 0 saturated heterocycles. The molecule has 86 valence electrons. The van der Waals surface area contributed by atoms with Gasteiger partial charge in [-0.25, -0.2) is 9.97 Å². The van der Waals surface area contributed by atoms with Crippen molar-refractivity contribution in [2.75, 3.05) is 0 Å². The lowest BCUT2D eigenvalue weighted by Crippen LogP contribution is -2.05. The van der Waals surface area contributed by atoms with Crippen molar-refractivity contribution in [1.82, 2.24) is 9.97 Å². The van der Waals surface area contributed by atoms with Gasteiger partial charge in [0.2, 0.25) is 0 Å². The molecular weight excluding hydrogens is 204 g/mol. The number of aliphatic carboxylic acids is 1. The van der Waals surface area contributed by atoms with Crippen molar-refractivity contribution in [3.63, 3.8) is 0 Å². The molecule has 4 heteroatoms. The van der Waals surface area contributed by atoms with Gasteiger partial charge in [-0.2, -0.15) is 0 Å². The predicted octanol–water partition coefficient (Wildman–Crippen LogP) is 2.10. The van der Waals surface area contributed by atoms with Crippen LogP contribution in [-0.2, 0) is 4.79 Å². The van der Waals surface area contributed by atoms with Crippen LogP contribution < -0.4 is 0 Å². The zero-order chi connectivity index (χ0) is 11.9. The normalized spacial score (nSPS) is 23.5. The van der Waals surface area contributed by atoms with E-state index in [1.165, 1.54) is 0 Å². The van der Waals surface area contributed by atoms with Gasteiger partial charge in [-0.15, -0.1) is 0 Å². The second-order valence-corrected chi connectivity index (χ2v) is 4.73. The Balaban J connectivity index is 2.26. The molecule has 1 aromatic rings. The van der Waals surface area contributed by atoms with Crippen molar-refractivity contribution in [1.29, 1.82) is 0 Å². The van der Waals surface area contributed by atoms with E-state index in [1.807, 2.05) is 13.0 Å². The van der Waals surface area contributed by atoms with Crippen LogP contribution in [0.25, 0.3) is 0 Å². The molecule has 2 unspecified atom stereocenters. The topological polar surface area (TPSA) is 63.1 Å². The second kappa shape index (κ2) is 3.85. The number of hydrogen-bond acceptors (Lipinski definition) is 3. The van der Waals surface area contributed by atoms with Gasteiger partial charge in [-0.05, 0) is 25.3 Å². The number of aryl methyl sites for hydroxylation is 1. The zero-order valence-corrected chi connectivity index (χ0v) is 9.77. The maximum Gasteiger partial charge on any atom is 0.307 e. The SMILES string of the molecule is Cc1cc(C(C)C)nc(C2CC2C(=O)O)n1. The Morgan fingerprint density at radius 1 is 1.50 bits per heavy atom. The summed E-state index contributed by atoms with van der Waals surface area (Å²) >= 11 is 0. The fourth-order valence-corrected chi connectivity index (χ4v) is 1.83. The molecule has 2 atom stereocenters. The van der Waals surface area contributed by atoms with Crippen LogP contribution in [0.4, 0.5) is 0 Å². The summed E-state index contributed by atoms with van der Waals surface area (Å²) in [5.41, 5.74) is 1.92. The van der Waals surface area contributed by atoms with Crippen molar-refractivity contribution >= 4 is 5.97 Å². The minimum Gasteiger partial charge on any atom is -0.481 e. The van der Waals surface area contributed by atoms with Crippen LogP contribution in [0, 0.1) is 12.8 Å². The Labute approximate surface area is 94.7 Å². The molecule has 0 spiro atoms. The van der Waals surface area contributed by atoms with Crippen molar-refractivity contribution < 1.29 is 9.90 Å². The van der Waals surface area contributed by atoms with Crippen LogP contribution in [0.2, 0.25) is 0 Å². The minimum atomic E-state index is -0.735. The number of hydrogen-bond donors (Lipinski definition) is 1. The lowest BCUT2D eigenvalue weighted by molar-refractivity contribution is -0.138. The first-order valence-corrected chi connectivity index (χ1v) is 5.57. The molecule has 0 amide bonds. The number of carbonyl (C=O) groups is 1. The average molecular weight is 220 g/mol.